The molecule has 3 heterocycles. The number of nitrogens with one attached hydrogen (secondary N) is 1. The summed E-state index contributed by atoms with van der Waals surface area (Å²) in [6.07, 6.45) is 2.92. The van der Waals surface area contributed by atoms with Crippen molar-refractivity contribution in [1.82, 2.24) is 24.9 Å². The van der Waals surface area contributed by atoms with Gasteiger partial charge in [0.2, 0.25) is 5.91 Å². The number of nitrogens with zero attached hydrogens (tertiary/aromatic N) is 4. The van der Waals surface area contributed by atoms with Crippen LogP contribution in [0.4, 0.5) is 4.39 Å². The van der Waals surface area contributed by atoms with Gasteiger partial charge in [0, 0.05) is 38.8 Å². The molecule has 9 heteroatoms. The minimum absolute atomic E-state index is 0.153. The molecule has 0 saturated carbocycles. The number of aromatic nitrogens is 2. The van der Waals surface area contributed by atoms with Crippen LogP contribution in [-0.2, 0) is 24.4 Å². The molecule has 2 aromatic carbocycles. The highest BCUT2D eigenvalue weighted by atomic mass is 19.1. The fourth-order valence-corrected chi connectivity index (χ4v) is 5.00. The van der Waals surface area contributed by atoms with E-state index in [1.165, 1.54) is 12.1 Å². The molecule has 0 spiro atoms. The fraction of sp³-hybridized carbons (Fsp3) is 0.357. The van der Waals surface area contributed by atoms with Crippen LogP contribution in [0.15, 0.2) is 60.7 Å². The molecule has 1 N–H and O–H groups in total. The van der Waals surface area contributed by atoms with Gasteiger partial charge in [-0.05, 0) is 48.9 Å². The van der Waals surface area contributed by atoms with Crippen molar-refractivity contribution in [3.8, 4) is 0 Å². The lowest BCUT2D eigenvalue weighted by Crippen LogP contribution is -2.51. The standard InChI is InChI=1S/C28H30FN5O3/c29-22-12-10-20(11-13-22)18-30-26(35)24-9-4-5-15-33(24)27(36)23-17-25-28(37)32(14-6-16-34(25)31-23)19-21-7-2-1-3-8-21/h1-3,7-8,10-13,17,24H,4-6,9,14-16,18-19H2,(H,30,35)/t24-/m1/s1. The van der Waals surface area contributed by atoms with Crippen LogP contribution in [0.5, 0.6) is 0 Å². The summed E-state index contributed by atoms with van der Waals surface area (Å²) in [4.78, 5) is 43.2. The van der Waals surface area contributed by atoms with E-state index in [0.717, 1.165) is 30.4 Å². The van der Waals surface area contributed by atoms with E-state index in [-0.39, 0.29) is 35.8 Å². The van der Waals surface area contributed by atoms with Crippen molar-refractivity contribution in [3.05, 3.63) is 89.0 Å². The highest BCUT2D eigenvalue weighted by Gasteiger charge is 2.35. The Morgan fingerprint density at radius 3 is 2.51 bits per heavy atom. The van der Waals surface area contributed by atoms with Crippen LogP contribution in [0, 0.1) is 5.82 Å². The van der Waals surface area contributed by atoms with Crippen molar-refractivity contribution in [1.29, 1.82) is 0 Å². The van der Waals surface area contributed by atoms with Gasteiger partial charge in [0.25, 0.3) is 11.8 Å². The van der Waals surface area contributed by atoms with Gasteiger partial charge >= 0.3 is 0 Å². The summed E-state index contributed by atoms with van der Waals surface area (Å²) in [5.74, 6) is -1.08. The number of aryl methyl sites for hydroxylation is 1. The van der Waals surface area contributed by atoms with E-state index in [9.17, 15) is 18.8 Å². The van der Waals surface area contributed by atoms with Crippen molar-refractivity contribution < 1.29 is 18.8 Å². The zero-order chi connectivity index (χ0) is 25.8. The molecule has 2 aliphatic rings. The third-order valence-corrected chi connectivity index (χ3v) is 6.97. The van der Waals surface area contributed by atoms with E-state index in [0.29, 0.717) is 38.3 Å². The van der Waals surface area contributed by atoms with Gasteiger partial charge < -0.3 is 15.1 Å². The van der Waals surface area contributed by atoms with Gasteiger partial charge in [0.1, 0.15) is 17.6 Å². The molecule has 37 heavy (non-hydrogen) atoms. The summed E-state index contributed by atoms with van der Waals surface area (Å²) in [5.41, 5.74) is 2.40. The second-order valence-corrected chi connectivity index (χ2v) is 9.56. The maximum absolute atomic E-state index is 13.5. The first kappa shape index (κ1) is 24.7. The van der Waals surface area contributed by atoms with Gasteiger partial charge in [-0.1, -0.05) is 42.5 Å². The van der Waals surface area contributed by atoms with Crippen LogP contribution in [0.3, 0.4) is 0 Å². The maximum Gasteiger partial charge on any atom is 0.275 e. The van der Waals surface area contributed by atoms with Crippen molar-refractivity contribution in [2.24, 2.45) is 0 Å². The molecule has 1 atom stereocenters. The van der Waals surface area contributed by atoms with E-state index in [4.69, 9.17) is 0 Å². The molecule has 1 fully saturated rings. The summed E-state index contributed by atoms with van der Waals surface area (Å²) in [7, 11) is 0. The van der Waals surface area contributed by atoms with Crippen LogP contribution >= 0.6 is 0 Å². The van der Waals surface area contributed by atoms with E-state index in [1.807, 2.05) is 30.3 Å². The molecule has 0 unspecified atom stereocenters. The summed E-state index contributed by atoms with van der Waals surface area (Å²) >= 11 is 0. The van der Waals surface area contributed by atoms with Gasteiger partial charge in [-0.2, -0.15) is 5.10 Å². The lowest BCUT2D eigenvalue weighted by molar-refractivity contribution is -0.126. The Bertz CT molecular complexity index is 1270. The number of benzene rings is 2. The molecule has 1 aromatic heterocycles. The normalized spacial score (nSPS) is 17.8. The summed E-state index contributed by atoms with van der Waals surface area (Å²) in [6, 6.07) is 16.7. The summed E-state index contributed by atoms with van der Waals surface area (Å²) in [6.45, 7) is 2.35. The maximum atomic E-state index is 13.5. The zero-order valence-electron chi connectivity index (χ0n) is 20.6. The third-order valence-electron chi connectivity index (χ3n) is 6.97. The molecule has 0 aliphatic carbocycles. The number of hydrogen-bond acceptors (Lipinski definition) is 4. The Balaban J connectivity index is 1.29. The highest BCUT2D eigenvalue weighted by molar-refractivity contribution is 5.99. The quantitative estimate of drug-likeness (QED) is 0.559. The Hall–Kier alpha value is -4.01. The van der Waals surface area contributed by atoms with Crippen LogP contribution in [0.1, 0.15) is 57.8 Å². The Morgan fingerprint density at radius 2 is 1.73 bits per heavy atom. The molecule has 0 bridgehead atoms. The molecule has 3 amide bonds. The molecule has 0 radical (unpaired) electrons. The lowest BCUT2D eigenvalue weighted by Gasteiger charge is -2.34. The average Bonchev–Trinajstić information content (AvgIpc) is 3.30. The third kappa shape index (κ3) is 5.55. The molecular weight excluding hydrogens is 473 g/mol. The van der Waals surface area contributed by atoms with Crippen molar-refractivity contribution in [3.63, 3.8) is 0 Å². The van der Waals surface area contributed by atoms with Crippen LogP contribution < -0.4 is 5.32 Å². The predicted octanol–water partition coefficient (Wildman–Crippen LogP) is 3.38. The van der Waals surface area contributed by atoms with Crippen LogP contribution in [0.25, 0.3) is 0 Å². The lowest BCUT2D eigenvalue weighted by atomic mass is 10.0. The molecule has 192 valence electrons. The van der Waals surface area contributed by atoms with Gasteiger partial charge in [0.05, 0.1) is 0 Å². The minimum atomic E-state index is -0.617. The minimum Gasteiger partial charge on any atom is -0.350 e. The molecule has 2 aliphatic heterocycles. The Morgan fingerprint density at radius 1 is 0.946 bits per heavy atom. The fourth-order valence-electron chi connectivity index (χ4n) is 5.00. The van der Waals surface area contributed by atoms with Gasteiger partial charge in [0.15, 0.2) is 5.69 Å². The number of rotatable bonds is 6. The number of carbonyl (C=O) groups is 3. The predicted molar refractivity (Wildman–Crippen MR) is 135 cm³/mol. The zero-order valence-corrected chi connectivity index (χ0v) is 20.6. The number of hydrogen-bond donors (Lipinski definition) is 1. The number of amides is 3. The Labute approximate surface area is 215 Å². The van der Waals surface area contributed by atoms with Crippen molar-refractivity contribution in [2.45, 2.75) is 51.4 Å². The number of likely N-dealkylation sites (tertiary alicyclic amines) is 1. The van der Waals surface area contributed by atoms with Gasteiger partial charge in [-0.25, -0.2) is 4.39 Å². The average molecular weight is 504 g/mol. The first-order valence-corrected chi connectivity index (χ1v) is 12.7. The number of piperidine rings is 1. The van der Waals surface area contributed by atoms with Crippen LogP contribution in [0.2, 0.25) is 0 Å². The molecule has 1 saturated heterocycles. The number of fused-ring (bicyclic) bond motifs is 1. The highest BCUT2D eigenvalue weighted by Crippen LogP contribution is 2.22. The van der Waals surface area contributed by atoms with E-state index in [1.54, 1.807) is 32.7 Å². The molecule has 5 rings (SSSR count). The monoisotopic (exact) mass is 503 g/mol. The largest absolute Gasteiger partial charge is 0.350 e. The first-order chi connectivity index (χ1) is 18.0. The van der Waals surface area contributed by atoms with Gasteiger partial charge in [-0.15, -0.1) is 0 Å². The summed E-state index contributed by atoms with van der Waals surface area (Å²) < 4.78 is 14.8. The SMILES string of the molecule is O=C(NCc1ccc(F)cc1)[C@H]1CCCCN1C(=O)c1cc2n(n1)CCCN(Cc1ccccc1)C2=O. The number of halogens is 1. The molecule has 3 aromatic rings. The van der Waals surface area contributed by atoms with Gasteiger partial charge in [-0.3, -0.25) is 19.1 Å². The van der Waals surface area contributed by atoms with E-state index >= 15 is 0 Å². The second-order valence-electron chi connectivity index (χ2n) is 9.56. The summed E-state index contributed by atoms with van der Waals surface area (Å²) in [5, 5.41) is 7.36. The molecular formula is C28H30FN5O3. The molecule has 8 nitrogen and oxygen atoms in total. The van der Waals surface area contributed by atoms with E-state index < -0.39 is 6.04 Å². The van der Waals surface area contributed by atoms with Crippen LogP contribution in [-0.4, -0.2) is 56.4 Å². The topological polar surface area (TPSA) is 87.5 Å². The van der Waals surface area contributed by atoms with Crippen molar-refractivity contribution in [2.75, 3.05) is 13.1 Å². The second kappa shape index (κ2) is 10.9. The van der Waals surface area contributed by atoms with Crippen molar-refractivity contribution >= 4 is 17.7 Å². The number of carbonyl (C=O) groups excluding carboxylic acids is 3. The smallest absolute Gasteiger partial charge is 0.275 e. The first-order valence-electron chi connectivity index (χ1n) is 12.7. The Kier molecular flexibility index (Phi) is 7.30. The van der Waals surface area contributed by atoms with E-state index in [2.05, 4.69) is 10.4 Å².